The molecule has 0 spiro atoms. The summed E-state index contributed by atoms with van der Waals surface area (Å²) < 4.78 is 10.0. The van der Waals surface area contributed by atoms with E-state index >= 15 is 0 Å². The maximum absolute atomic E-state index is 10.6. The summed E-state index contributed by atoms with van der Waals surface area (Å²) in [5.41, 5.74) is 0.355. The molecule has 0 aliphatic heterocycles. The van der Waals surface area contributed by atoms with Gasteiger partial charge in [-0.25, -0.2) is 0 Å². The predicted molar refractivity (Wildman–Crippen MR) is 58.0 cm³/mol. The normalized spacial score (nSPS) is 10.2. The average molecular weight is 256 g/mol. The largest absolute Gasteiger partial charge is 0.496 e. The molecular weight excluding hydrogens is 250 g/mol. The minimum Gasteiger partial charge on any atom is -0.496 e. The molecule has 0 radical (unpaired) electrons. The molecule has 0 aliphatic rings. The number of hydrogen-bond donors (Lipinski definition) is 0. The molecule has 0 N–H and O–H groups in total. The van der Waals surface area contributed by atoms with E-state index in [0.717, 1.165) is 0 Å². The number of nitrogens with zero attached hydrogens (tertiary/aromatic N) is 3. The van der Waals surface area contributed by atoms with Crippen molar-refractivity contribution < 1.29 is 14.1 Å². The Hall–Kier alpha value is -2.15. The highest BCUT2D eigenvalue weighted by molar-refractivity contribution is 6.27. The topological polar surface area (TPSA) is 91.3 Å². The highest BCUT2D eigenvalue weighted by Crippen LogP contribution is 2.32. The zero-order valence-electron chi connectivity index (χ0n) is 8.58. The van der Waals surface area contributed by atoms with Crippen LogP contribution in [-0.2, 0) is 0 Å². The molecule has 0 amide bonds. The van der Waals surface area contributed by atoms with Crippen molar-refractivity contribution in [2.45, 2.75) is 0 Å². The fourth-order valence-corrected chi connectivity index (χ4v) is 1.40. The van der Waals surface area contributed by atoms with E-state index < -0.39 is 4.92 Å². The zero-order chi connectivity index (χ0) is 12.4. The molecule has 2 rings (SSSR count). The first kappa shape index (κ1) is 11.3. The maximum Gasteiger partial charge on any atom is 0.313 e. The van der Waals surface area contributed by atoms with Crippen LogP contribution in [0.25, 0.3) is 11.5 Å². The summed E-state index contributed by atoms with van der Waals surface area (Å²) >= 11 is 5.50. The van der Waals surface area contributed by atoms with Gasteiger partial charge in [0.25, 0.3) is 11.6 Å². The van der Waals surface area contributed by atoms with E-state index in [2.05, 4.69) is 10.2 Å². The molecule has 2 aromatic rings. The van der Waals surface area contributed by atoms with Crippen molar-refractivity contribution in [2.24, 2.45) is 0 Å². The minimum atomic E-state index is -0.521. The number of nitro groups is 1. The van der Waals surface area contributed by atoms with Crippen molar-refractivity contribution in [3.05, 3.63) is 33.7 Å². The third-order valence-corrected chi connectivity index (χ3v) is 2.18. The zero-order valence-corrected chi connectivity index (χ0v) is 9.34. The van der Waals surface area contributed by atoms with Crippen LogP contribution in [0.2, 0.25) is 5.35 Å². The van der Waals surface area contributed by atoms with Crippen LogP contribution in [0, 0.1) is 10.1 Å². The molecule has 1 aromatic carbocycles. The van der Waals surface area contributed by atoms with E-state index in [9.17, 15) is 10.1 Å². The van der Waals surface area contributed by atoms with Gasteiger partial charge in [-0.2, -0.15) is 0 Å². The van der Waals surface area contributed by atoms with E-state index in [1.807, 2.05) is 0 Å². The minimum absolute atomic E-state index is 0.0868. The van der Waals surface area contributed by atoms with Gasteiger partial charge in [0.05, 0.1) is 23.7 Å². The second kappa shape index (κ2) is 4.38. The van der Waals surface area contributed by atoms with Gasteiger partial charge in [0, 0.05) is 6.07 Å². The van der Waals surface area contributed by atoms with Gasteiger partial charge < -0.3 is 9.15 Å². The maximum atomic E-state index is 10.6. The van der Waals surface area contributed by atoms with Gasteiger partial charge in [-0.3, -0.25) is 10.1 Å². The Balaban J connectivity index is 2.51. The second-order valence-electron chi connectivity index (χ2n) is 3.00. The molecule has 0 saturated carbocycles. The third kappa shape index (κ3) is 2.18. The molecule has 0 fully saturated rings. The van der Waals surface area contributed by atoms with E-state index in [4.69, 9.17) is 20.8 Å². The molecule has 17 heavy (non-hydrogen) atoms. The van der Waals surface area contributed by atoms with Crippen molar-refractivity contribution in [3.63, 3.8) is 0 Å². The van der Waals surface area contributed by atoms with Gasteiger partial charge in [-0.15, -0.1) is 5.10 Å². The Kier molecular flexibility index (Phi) is 2.92. The van der Waals surface area contributed by atoms with Crippen molar-refractivity contribution >= 4 is 17.3 Å². The molecule has 88 valence electrons. The lowest BCUT2D eigenvalue weighted by Crippen LogP contribution is -1.92. The van der Waals surface area contributed by atoms with Gasteiger partial charge in [0.2, 0.25) is 0 Å². The number of ether oxygens (including phenoxy) is 1. The van der Waals surface area contributed by atoms with Crippen LogP contribution in [0.3, 0.4) is 0 Å². The lowest BCUT2D eigenvalue weighted by Gasteiger charge is -2.03. The standard InChI is InChI=1S/C9H6ClN3O4/c1-16-7-4-5(13(14)15)2-3-6(7)8-11-12-9(10)17-8/h2-4H,1H3. The predicted octanol–water partition coefficient (Wildman–Crippen LogP) is 2.31. The van der Waals surface area contributed by atoms with E-state index in [0.29, 0.717) is 5.56 Å². The number of aromatic nitrogens is 2. The first-order chi connectivity index (χ1) is 8.11. The quantitative estimate of drug-likeness (QED) is 0.617. The Morgan fingerprint density at radius 1 is 1.47 bits per heavy atom. The number of hydrogen-bond acceptors (Lipinski definition) is 6. The summed E-state index contributed by atoms with van der Waals surface area (Å²) in [6.07, 6.45) is 0. The Labute approximate surface area is 100 Å². The third-order valence-electron chi connectivity index (χ3n) is 2.03. The lowest BCUT2D eigenvalue weighted by molar-refractivity contribution is -0.384. The molecule has 7 nitrogen and oxygen atoms in total. The number of non-ortho nitro benzene ring substituents is 1. The number of rotatable bonds is 3. The summed E-state index contributed by atoms with van der Waals surface area (Å²) in [5, 5.41) is 17.6. The monoisotopic (exact) mass is 255 g/mol. The molecule has 0 aliphatic carbocycles. The molecule has 8 heteroatoms. The fourth-order valence-electron chi connectivity index (χ4n) is 1.28. The SMILES string of the molecule is COc1cc([N+](=O)[O-])ccc1-c1nnc(Cl)o1. The van der Waals surface area contributed by atoms with Gasteiger partial charge >= 0.3 is 5.35 Å². The molecule has 1 heterocycles. The van der Waals surface area contributed by atoms with Crippen LogP contribution >= 0.6 is 11.6 Å². The summed E-state index contributed by atoms with van der Waals surface area (Å²) in [6.45, 7) is 0. The van der Waals surface area contributed by atoms with Crippen molar-refractivity contribution in [3.8, 4) is 17.2 Å². The smallest absolute Gasteiger partial charge is 0.313 e. The average Bonchev–Trinajstić information content (AvgIpc) is 2.74. The molecule has 0 unspecified atom stereocenters. The number of nitro benzene ring substituents is 1. The van der Waals surface area contributed by atoms with Crippen LogP contribution in [0.4, 0.5) is 5.69 Å². The van der Waals surface area contributed by atoms with Crippen LogP contribution in [0.15, 0.2) is 22.6 Å². The molecule has 0 saturated heterocycles. The van der Waals surface area contributed by atoms with Gasteiger partial charge in [0.1, 0.15) is 5.75 Å². The molecule has 0 bridgehead atoms. The van der Waals surface area contributed by atoms with Gasteiger partial charge in [-0.05, 0) is 17.7 Å². The highest BCUT2D eigenvalue weighted by atomic mass is 35.5. The van der Waals surface area contributed by atoms with E-state index in [-0.39, 0.29) is 22.7 Å². The van der Waals surface area contributed by atoms with E-state index in [1.54, 1.807) is 0 Å². The molecular formula is C9H6ClN3O4. The summed E-state index contributed by atoms with van der Waals surface area (Å²) in [5.74, 6) is 0.404. The molecule has 1 aromatic heterocycles. The summed E-state index contributed by atoms with van der Waals surface area (Å²) in [6, 6.07) is 4.05. The van der Waals surface area contributed by atoms with Crippen LogP contribution < -0.4 is 4.74 Å². The Bertz CT molecular complexity index is 569. The first-order valence-electron chi connectivity index (χ1n) is 4.43. The van der Waals surface area contributed by atoms with Gasteiger partial charge in [0.15, 0.2) is 0 Å². The summed E-state index contributed by atoms with van der Waals surface area (Å²) in [4.78, 5) is 10.1. The van der Waals surface area contributed by atoms with Crippen molar-refractivity contribution in [1.82, 2.24) is 10.2 Å². The number of methoxy groups -OCH3 is 1. The Morgan fingerprint density at radius 3 is 2.76 bits per heavy atom. The fraction of sp³-hybridized carbons (Fsp3) is 0.111. The van der Waals surface area contributed by atoms with Crippen molar-refractivity contribution in [1.29, 1.82) is 0 Å². The first-order valence-corrected chi connectivity index (χ1v) is 4.81. The van der Waals surface area contributed by atoms with Crippen LogP contribution in [0.5, 0.6) is 5.75 Å². The van der Waals surface area contributed by atoms with Crippen molar-refractivity contribution in [2.75, 3.05) is 7.11 Å². The Morgan fingerprint density at radius 2 is 2.24 bits per heavy atom. The summed E-state index contributed by atoms with van der Waals surface area (Å²) in [7, 11) is 1.39. The lowest BCUT2D eigenvalue weighted by atomic mass is 10.2. The highest BCUT2D eigenvalue weighted by Gasteiger charge is 2.16. The number of halogens is 1. The van der Waals surface area contributed by atoms with Gasteiger partial charge in [-0.1, -0.05) is 5.10 Å². The van der Waals surface area contributed by atoms with E-state index in [1.165, 1.54) is 25.3 Å². The van der Waals surface area contributed by atoms with Crippen LogP contribution in [-0.4, -0.2) is 22.2 Å². The number of benzene rings is 1. The second-order valence-corrected chi connectivity index (χ2v) is 3.33. The molecule has 0 atom stereocenters. The van der Waals surface area contributed by atoms with Crippen LogP contribution in [0.1, 0.15) is 0 Å².